The Kier molecular flexibility index (Phi) is 5.19. The van der Waals surface area contributed by atoms with Gasteiger partial charge in [0.05, 0.1) is 22.7 Å². The highest BCUT2D eigenvalue weighted by atomic mass is 79.9. The molecule has 0 radical (unpaired) electrons. The summed E-state index contributed by atoms with van der Waals surface area (Å²) >= 11 is 3.99. The van der Waals surface area contributed by atoms with Gasteiger partial charge in [-0.2, -0.15) is 9.65 Å². The fourth-order valence-electron chi connectivity index (χ4n) is 3.51. The van der Waals surface area contributed by atoms with Gasteiger partial charge in [-0.25, -0.2) is 4.98 Å². The molecule has 9 heteroatoms. The van der Waals surface area contributed by atoms with E-state index >= 15 is 0 Å². The quantitative estimate of drug-likeness (QED) is 0.646. The Morgan fingerprint density at radius 1 is 1.43 bits per heavy atom. The van der Waals surface area contributed by atoms with Crippen molar-refractivity contribution in [1.82, 2.24) is 9.55 Å². The lowest BCUT2D eigenvalue weighted by atomic mass is 10.1. The number of nitrogens with zero attached hydrogens (tertiary/aromatic N) is 4. The second-order valence-corrected chi connectivity index (χ2v) is 8.55. The first-order valence-corrected chi connectivity index (χ1v) is 10.5. The van der Waals surface area contributed by atoms with Gasteiger partial charge in [-0.1, -0.05) is 29.5 Å². The minimum atomic E-state index is -0.476. The maximum absolute atomic E-state index is 14.1. The van der Waals surface area contributed by atoms with Crippen LogP contribution in [0.2, 0.25) is 0 Å². The number of halogens is 2. The number of piperidine rings is 1. The Bertz CT molecular complexity index is 1150. The molecule has 1 aromatic carbocycles. The highest BCUT2D eigenvalue weighted by molar-refractivity contribution is 9.10. The lowest BCUT2D eigenvalue weighted by Gasteiger charge is -2.33. The van der Waals surface area contributed by atoms with Gasteiger partial charge in [0.2, 0.25) is 5.95 Å². The van der Waals surface area contributed by atoms with E-state index in [0.717, 1.165) is 30.7 Å². The molecule has 0 aliphatic carbocycles. The molecule has 6 nitrogen and oxygen atoms in total. The molecule has 0 amide bonds. The van der Waals surface area contributed by atoms with Crippen molar-refractivity contribution in [2.75, 3.05) is 18.0 Å². The zero-order valence-electron chi connectivity index (χ0n) is 14.9. The first-order valence-electron chi connectivity index (χ1n) is 8.86. The van der Waals surface area contributed by atoms with Crippen molar-refractivity contribution in [1.29, 1.82) is 5.26 Å². The van der Waals surface area contributed by atoms with E-state index in [1.165, 1.54) is 4.57 Å². The minimum absolute atomic E-state index is 0.0103. The van der Waals surface area contributed by atoms with E-state index in [1.807, 2.05) is 17.0 Å². The molecule has 1 atom stereocenters. The molecule has 4 rings (SSSR count). The van der Waals surface area contributed by atoms with Crippen molar-refractivity contribution in [3.05, 3.63) is 55.3 Å². The summed E-state index contributed by atoms with van der Waals surface area (Å²) in [6.45, 7) is 1.47. The van der Waals surface area contributed by atoms with Gasteiger partial charge in [-0.15, -0.1) is 0 Å². The number of hydrogen-bond donors (Lipinski definition) is 1. The lowest BCUT2D eigenvalue weighted by Crippen LogP contribution is -2.45. The number of thiophene rings is 1. The number of rotatable bonds is 3. The molecule has 1 aliphatic heterocycles. The van der Waals surface area contributed by atoms with Gasteiger partial charge < -0.3 is 10.6 Å². The summed E-state index contributed by atoms with van der Waals surface area (Å²) in [7, 11) is 0. The standard InChI is InChI=1S/C19H17BrFN5OS/c20-14-15-16(28-17(14)21)18(27)26(9-12-5-2-1-4-11(12)8-22)19(24-15)25-7-3-6-13(23)10-25/h1-2,4-5,13H,3,6-7,9-10,23H2. The highest BCUT2D eigenvalue weighted by Gasteiger charge is 2.25. The molecular weight excluding hydrogens is 445 g/mol. The van der Waals surface area contributed by atoms with Crippen molar-refractivity contribution < 1.29 is 4.39 Å². The van der Waals surface area contributed by atoms with Crippen LogP contribution in [0.15, 0.2) is 33.5 Å². The molecule has 2 aromatic heterocycles. The van der Waals surface area contributed by atoms with Crippen LogP contribution < -0.4 is 16.2 Å². The van der Waals surface area contributed by atoms with E-state index in [1.54, 1.807) is 12.1 Å². The predicted molar refractivity (Wildman–Crippen MR) is 111 cm³/mol. The molecule has 28 heavy (non-hydrogen) atoms. The maximum Gasteiger partial charge on any atom is 0.273 e. The van der Waals surface area contributed by atoms with Crippen LogP contribution in [-0.2, 0) is 6.54 Å². The van der Waals surface area contributed by atoms with E-state index in [2.05, 4.69) is 27.0 Å². The van der Waals surface area contributed by atoms with Gasteiger partial charge in [0.15, 0.2) is 5.13 Å². The Morgan fingerprint density at radius 3 is 2.96 bits per heavy atom. The van der Waals surface area contributed by atoms with Gasteiger partial charge >= 0.3 is 0 Å². The van der Waals surface area contributed by atoms with Crippen LogP contribution in [0.3, 0.4) is 0 Å². The van der Waals surface area contributed by atoms with E-state index in [9.17, 15) is 14.4 Å². The van der Waals surface area contributed by atoms with Gasteiger partial charge in [0, 0.05) is 19.1 Å². The van der Waals surface area contributed by atoms with Crippen LogP contribution in [0.4, 0.5) is 10.3 Å². The van der Waals surface area contributed by atoms with E-state index in [0.29, 0.717) is 29.1 Å². The zero-order chi connectivity index (χ0) is 19.8. The van der Waals surface area contributed by atoms with Crippen LogP contribution in [0.1, 0.15) is 24.0 Å². The summed E-state index contributed by atoms with van der Waals surface area (Å²) in [6.07, 6.45) is 1.81. The first kappa shape index (κ1) is 19.1. The Hall–Kier alpha value is -2.28. The third-order valence-corrected chi connectivity index (χ3v) is 6.83. The monoisotopic (exact) mass is 461 g/mol. The van der Waals surface area contributed by atoms with Crippen LogP contribution in [0, 0.1) is 16.5 Å². The van der Waals surface area contributed by atoms with Crippen LogP contribution in [-0.4, -0.2) is 28.7 Å². The van der Waals surface area contributed by atoms with Crippen molar-refractivity contribution in [2.24, 2.45) is 5.73 Å². The van der Waals surface area contributed by atoms with Crippen molar-refractivity contribution in [2.45, 2.75) is 25.4 Å². The summed E-state index contributed by atoms with van der Waals surface area (Å²) in [5.41, 5.74) is 7.35. The van der Waals surface area contributed by atoms with E-state index in [-0.39, 0.29) is 27.3 Å². The Labute approximate surface area is 173 Å². The Morgan fingerprint density at radius 2 is 2.21 bits per heavy atom. The second kappa shape index (κ2) is 7.62. The summed E-state index contributed by atoms with van der Waals surface area (Å²) in [5, 5.41) is 8.92. The Balaban J connectivity index is 1.92. The second-order valence-electron chi connectivity index (χ2n) is 6.79. The fraction of sp³-hybridized carbons (Fsp3) is 0.316. The van der Waals surface area contributed by atoms with Crippen molar-refractivity contribution >= 4 is 43.4 Å². The number of hydrogen-bond acceptors (Lipinski definition) is 6. The maximum atomic E-state index is 14.1. The van der Waals surface area contributed by atoms with Crippen LogP contribution in [0.25, 0.3) is 10.2 Å². The van der Waals surface area contributed by atoms with Crippen LogP contribution >= 0.6 is 27.3 Å². The summed E-state index contributed by atoms with van der Waals surface area (Å²) in [6, 6.07) is 9.28. The smallest absolute Gasteiger partial charge is 0.273 e. The first-order chi connectivity index (χ1) is 13.5. The number of nitriles is 1. The predicted octanol–water partition coefficient (Wildman–Crippen LogP) is 3.21. The van der Waals surface area contributed by atoms with Crippen molar-refractivity contribution in [3.63, 3.8) is 0 Å². The molecule has 1 fully saturated rings. The highest BCUT2D eigenvalue weighted by Crippen LogP contribution is 2.33. The molecule has 1 unspecified atom stereocenters. The third kappa shape index (κ3) is 3.32. The number of nitrogens with two attached hydrogens (primary N) is 1. The molecule has 1 saturated heterocycles. The largest absolute Gasteiger partial charge is 0.341 e. The molecule has 0 bridgehead atoms. The van der Waals surface area contributed by atoms with Gasteiger partial charge in [-0.05, 0) is 40.4 Å². The van der Waals surface area contributed by atoms with E-state index < -0.39 is 5.13 Å². The molecule has 3 heterocycles. The number of anilines is 1. The average Bonchev–Trinajstić information content (AvgIpc) is 2.99. The summed E-state index contributed by atoms with van der Waals surface area (Å²) in [5.74, 6) is 0.457. The number of aromatic nitrogens is 2. The number of fused-ring (bicyclic) bond motifs is 1. The van der Waals surface area contributed by atoms with Crippen molar-refractivity contribution in [3.8, 4) is 6.07 Å². The van der Waals surface area contributed by atoms with E-state index in [4.69, 9.17) is 5.73 Å². The summed E-state index contributed by atoms with van der Waals surface area (Å²) < 4.78 is 16.1. The minimum Gasteiger partial charge on any atom is -0.341 e. The third-order valence-electron chi connectivity index (χ3n) is 4.89. The van der Waals surface area contributed by atoms with Gasteiger partial charge in [-0.3, -0.25) is 9.36 Å². The molecule has 1 aliphatic rings. The van der Waals surface area contributed by atoms with Gasteiger partial charge in [0.1, 0.15) is 10.2 Å². The molecule has 2 N–H and O–H groups in total. The van der Waals surface area contributed by atoms with Crippen LogP contribution in [0.5, 0.6) is 0 Å². The molecule has 0 saturated carbocycles. The zero-order valence-corrected chi connectivity index (χ0v) is 17.3. The topological polar surface area (TPSA) is 87.9 Å². The fourth-order valence-corrected chi connectivity index (χ4v) is 4.98. The normalized spacial score (nSPS) is 17.1. The molecule has 144 valence electrons. The lowest BCUT2D eigenvalue weighted by molar-refractivity contribution is 0.492. The molecule has 3 aromatic rings. The average molecular weight is 462 g/mol. The SMILES string of the molecule is N#Cc1ccccc1Cn1c(N2CCCC(N)C2)nc2c(Br)c(F)sc2c1=O. The van der Waals surface area contributed by atoms with Gasteiger partial charge in [0.25, 0.3) is 5.56 Å². The molecular formula is C19H17BrFN5OS. The number of benzene rings is 1. The molecule has 0 spiro atoms. The summed E-state index contributed by atoms with van der Waals surface area (Å²) in [4.78, 5) is 19.9.